The van der Waals surface area contributed by atoms with Crippen LogP contribution in [0, 0.1) is 5.92 Å². The van der Waals surface area contributed by atoms with Crippen molar-refractivity contribution in [2.24, 2.45) is 5.92 Å². The van der Waals surface area contributed by atoms with Gasteiger partial charge in [-0.25, -0.2) is 0 Å². The lowest BCUT2D eigenvalue weighted by molar-refractivity contribution is -0.126. The standard InChI is InChI=1S/C18H24N4O2.2ClH/c23-17(20-14-4-3-9-19-12-14)13-7-10-22(11-8-13)18-21-15-5-1-2-6-16(15)24-18;;/h1-2,5-6,13-14,19H,3-4,7-12H2,(H,20,23);2*1H. The van der Waals surface area contributed by atoms with Crippen LogP contribution in [-0.2, 0) is 4.79 Å². The van der Waals surface area contributed by atoms with E-state index in [2.05, 4.69) is 20.5 Å². The van der Waals surface area contributed by atoms with Gasteiger partial charge in [-0.2, -0.15) is 4.98 Å². The number of aromatic nitrogens is 1. The number of fused-ring (bicyclic) bond motifs is 1. The fourth-order valence-corrected chi connectivity index (χ4v) is 3.62. The molecule has 3 heterocycles. The molecule has 1 amide bonds. The average molecular weight is 401 g/mol. The number of oxazole rings is 1. The number of halogens is 2. The summed E-state index contributed by atoms with van der Waals surface area (Å²) in [5, 5.41) is 6.55. The molecule has 1 aromatic carbocycles. The summed E-state index contributed by atoms with van der Waals surface area (Å²) in [5.74, 6) is 0.313. The molecule has 0 aliphatic carbocycles. The molecule has 2 saturated heterocycles. The maximum absolute atomic E-state index is 12.5. The van der Waals surface area contributed by atoms with Gasteiger partial charge in [0, 0.05) is 31.6 Å². The van der Waals surface area contributed by atoms with E-state index in [0.29, 0.717) is 12.1 Å². The van der Waals surface area contributed by atoms with Crippen LogP contribution in [0.25, 0.3) is 11.1 Å². The highest BCUT2D eigenvalue weighted by Crippen LogP contribution is 2.26. The number of benzene rings is 1. The van der Waals surface area contributed by atoms with Crippen molar-refractivity contribution in [3.05, 3.63) is 24.3 Å². The molecule has 2 aliphatic rings. The molecule has 144 valence electrons. The van der Waals surface area contributed by atoms with Crippen molar-refractivity contribution >= 4 is 47.8 Å². The molecule has 0 saturated carbocycles. The van der Waals surface area contributed by atoms with E-state index in [4.69, 9.17) is 4.42 Å². The average Bonchev–Trinajstić information content (AvgIpc) is 3.07. The predicted octanol–water partition coefficient (Wildman–Crippen LogP) is 2.76. The number of rotatable bonds is 3. The molecule has 6 nitrogen and oxygen atoms in total. The molecule has 26 heavy (non-hydrogen) atoms. The van der Waals surface area contributed by atoms with E-state index in [0.717, 1.165) is 63.0 Å². The minimum atomic E-state index is 0. The van der Waals surface area contributed by atoms with E-state index in [1.165, 1.54) is 0 Å². The Labute approximate surface area is 165 Å². The predicted molar refractivity (Wildman–Crippen MR) is 107 cm³/mol. The van der Waals surface area contributed by atoms with Crippen LogP contribution < -0.4 is 15.5 Å². The second kappa shape index (κ2) is 9.44. The zero-order chi connectivity index (χ0) is 16.4. The molecule has 2 fully saturated rings. The van der Waals surface area contributed by atoms with E-state index in [9.17, 15) is 4.79 Å². The van der Waals surface area contributed by atoms with Crippen molar-refractivity contribution in [1.29, 1.82) is 0 Å². The molecule has 1 atom stereocenters. The van der Waals surface area contributed by atoms with Crippen LogP contribution in [0.5, 0.6) is 0 Å². The summed E-state index contributed by atoms with van der Waals surface area (Å²) in [7, 11) is 0. The van der Waals surface area contributed by atoms with Crippen molar-refractivity contribution < 1.29 is 9.21 Å². The summed E-state index contributed by atoms with van der Waals surface area (Å²) < 4.78 is 5.83. The number of hydrogen-bond acceptors (Lipinski definition) is 5. The first-order valence-corrected chi connectivity index (χ1v) is 8.91. The third-order valence-corrected chi connectivity index (χ3v) is 5.06. The molecule has 8 heteroatoms. The number of piperidine rings is 2. The quantitative estimate of drug-likeness (QED) is 0.828. The molecule has 2 aliphatic heterocycles. The van der Waals surface area contributed by atoms with E-state index >= 15 is 0 Å². The smallest absolute Gasteiger partial charge is 0.298 e. The summed E-state index contributed by atoms with van der Waals surface area (Å²) in [6.45, 7) is 3.59. The largest absolute Gasteiger partial charge is 0.423 e. The number of nitrogens with one attached hydrogen (secondary N) is 2. The van der Waals surface area contributed by atoms with Crippen LogP contribution in [0.15, 0.2) is 28.7 Å². The molecule has 0 radical (unpaired) electrons. The summed E-state index contributed by atoms with van der Waals surface area (Å²) in [6.07, 6.45) is 3.93. The van der Waals surface area contributed by atoms with Gasteiger partial charge in [0.25, 0.3) is 6.01 Å². The first kappa shape index (κ1) is 20.8. The summed E-state index contributed by atoms with van der Waals surface area (Å²) in [4.78, 5) is 19.1. The third kappa shape index (κ3) is 4.61. The maximum Gasteiger partial charge on any atom is 0.298 e. The highest BCUT2D eigenvalue weighted by molar-refractivity contribution is 5.85. The van der Waals surface area contributed by atoms with Gasteiger partial charge in [0.05, 0.1) is 0 Å². The van der Waals surface area contributed by atoms with Crippen molar-refractivity contribution in [1.82, 2.24) is 15.6 Å². The van der Waals surface area contributed by atoms with E-state index in [-0.39, 0.29) is 36.6 Å². The Bertz CT molecular complexity index is 677. The van der Waals surface area contributed by atoms with Crippen LogP contribution in [0.4, 0.5) is 6.01 Å². The van der Waals surface area contributed by atoms with E-state index < -0.39 is 0 Å². The van der Waals surface area contributed by atoms with Crippen molar-refractivity contribution in [2.45, 2.75) is 31.7 Å². The van der Waals surface area contributed by atoms with Gasteiger partial charge < -0.3 is 20.0 Å². The minimum Gasteiger partial charge on any atom is -0.423 e. The molecular formula is C18H26Cl2N4O2. The van der Waals surface area contributed by atoms with Crippen LogP contribution in [0.2, 0.25) is 0 Å². The topological polar surface area (TPSA) is 70.4 Å². The Balaban J connectivity index is 0.00000121. The third-order valence-electron chi connectivity index (χ3n) is 5.06. The highest BCUT2D eigenvalue weighted by atomic mass is 35.5. The van der Waals surface area contributed by atoms with Gasteiger partial charge in [-0.15, -0.1) is 24.8 Å². The lowest BCUT2D eigenvalue weighted by Gasteiger charge is -2.32. The number of nitrogens with zero attached hydrogens (tertiary/aromatic N) is 2. The van der Waals surface area contributed by atoms with Gasteiger partial charge in [-0.1, -0.05) is 12.1 Å². The second-order valence-corrected chi connectivity index (χ2v) is 6.78. The monoisotopic (exact) mass is 400 g/mol. The lowest BCUT2D eigenvalue weighted by atomic mass is 9.95. The Morgan fingerprint density at radius 3 is 2.65 bits per heavy atom. The maximum atomic E-state index is 12.5. The Hall–Kier alpha value is -1.50. The summed E-state index contributed by atoms with van der Waals surface area (Å²) in [6, 6.07) is 8.78. The summed E-state index contributed by atoms with van der Waals surface area (Å²) in [5.41, 5.74) is 1.70. The zero-order valence-electron chi connectivity index (χ0n) is 14.6. The van der Waals surface area contributed by atoms with Crippen LogP contribution in [-0.4, -0.2) is 43.1 Å². The van der Waals surface area contributed by atoms with E-state index in [1.807, 2.05) is 24.3 Å². The van der Waals surface area contributed by atoms with Crippen molar-refractivity contribution in [3.63, 3.8) is 0 Å². The van der Waals surface area contributed by atoms with Crippen LogP contribution in [0.1, 0.15) is 25.7 Å². The molecule has 2 N–H and O–H groups in total. The molecule has 4 rings (SSSR count). The number of hydrogen-bond donors (Lipinski definition) is 2. The zero-order valence-corrected chi connectivity index (χ0v) is 16.3. The Morgan fingerprint density at radius 2 is 1.96 bits per heavy atom. The minimum absolute atomic E-state index is 0. The lowest BCUT2D eigenvalue weighted by Crippen LogP contribution is -2.49. The molecular weight excluding hydrogens is 375 g/mol. The number of carbonyl (C=O) groups excluding carboxylic acids is 1. The second-order valence-electron chi connectivity index (χ2n) is 6.78. The number of amides is 1. The molecule has 0 bridgehead atoms. The normalized spacial score (nSPS) is 20.9. The Kier molecular flexibility index (Phi) is 7.55. The van der Waals surface area contributed by atoms with Gasteiger partial charge in [-0.3, -0.25) is 4.79 Å². The van der Waals surface area contributed by atoms with Gasteiger partial charge in [0.2, 0.25) is 5.91 Å². The molecule has 1 aromatic heterocycles. The number of anilines is 1. The highest BCUT2D eigenvalue weighted by Gasteiger charge is 2.28. The fraction of sp³-hybridized carbons (Fsp3) is 0.556. The van der Waals surface area contributed by atoms with Crippen LogP contribution >= 0.6 is 24.8 Å². The Morgan fingerprint density at radius 1 is 1.19 bits per heavy atom. The molecule has 1 unspecified atom stereocenters. The number of carbonyl (C=O) groups is 1. The van der Waals surface area contributed by atoms with Crippen molar-refractivity contribution in [2.75, 3.05) is 31.1 Å². The van der Waals surface area contributed by atoms with E-state index in [1.54, 1.807) is 0 Å². The SMILES string of the molecule is Cl.Cl.O=C(NC1CCCNC1)C1CCN(c2nc3ccccc3o2)CC1. The van der Waals surface area contributed by atoms with Crippen molar-refractivity contribution in [3.8, 4) is 0 Å². The van der Waals surface area contributed by atoms with Crippen LogP contribution in [0.3, 0.4) is 0 Å². The molecule has 2 aromatic rings. The van der Waals surface area contributed by atoms with Gasteiger partial charge >= 0.3 is 0 Å². The summed E-state index contributed by atoms with van der Waals surface area (Å²) >= 11 is 0. The van der Waals surface area contributed by atoms with Gasteiger partial charge in [-0.05, 0) is 44.4 Å². The molecule has 0 spiro atoms. The van der Waals surface area contributed by atoms with Gasteiger partial charge in [0.1, 0.15) is 5.52 Å². The number of para-hydroxylation sites is 2. The first-order valence-electron chi connectivity index (χ1n) is 8.91. The van der Waals surface area contributed by atoms with Gasteiger partial charge in [0.15, 0.2) is 5.58 Å². The first-order chi connectivity index (χ1) is 11.8. The fourth-order valence-electron chi connectivity index (χ4n) is 3.62.